The van der Waals surface area contributed by atoms with Gasteiger partial charge in [-0.05, 0) is 30.4 Å². The lowest BCUT2D eigenvalue weighted by Crippen LogP contribution is -2.37. The fourth-order valence-corrected chi connectivity index (χ4v) is 3.73. The van der Waals surface area contributed by atoms with Gasteiger partial charge in [-0.3, -0.25) is 4.99 Å². The fourth-order valence-electron chi connectivity index (χ4n) is 3.73. The maximum absolute atomic E-state index is 5.01. The molecule has 1 heterocycles. The van der Waals surface area contributed by atoms with Crippen molar-refractivity contribution in [3.8, 4) is 0 Å². The van der Waals surface area contributed by atoms with Crippen molar-refractivity contribution in [2.75, 3.05) is 0 Å². The highest BCUT2D eigenvalue weighted by molar-refractivity contribution is 6.01. The van der Waals surface area contributed by atoms with E-state index in [4.69, 9.17) is 4.99 Å². The zero-order valence-corrected chi connectivity index (χ0v) is 13.1. The summed E-state index contributed by atoms with van der Waals surface area (Å²) < 4.78 is 0. The fraction of sp³-hybridized carbons (Fsp3) is 0.350. The van der Waals surface area contributed by atoms with Crippen molar-refractivity contribution in [1.29, 1.82) is 0 Å². The van der Waals surface area contributed by atoms with Gasteiger partial charge in [-0.15, -0.1) is 0 Å². The SMILES string of the molecule is CC(C)C1=N[C@H](C)CC1(c1ccccc1)c1ccccc1. The maximum atomic E-state index is 5.01. The molecular weight excluding hydrogens is 254 g/mol. The summed E-state index contributed by atoms with van der Waals surface area (Å²) in [6.07, 6.45) is 1.06. The standard InChI is InChI=1S/C20H23N/c1-15(2)19-20(14-16(3)21-19,17-10-6-4-7-11-17)18-12-8-5-9-13-18/h4-13,15-16H,14H2,1-3H3/t16-/m1/s1. The van der Waals surface area contributed by atoms with Crippen LogP contribution in [0, 0.1) is 5.92 Å². The van der Waals surface area contributed by atoms with Gasteiger partial charge in [0.15, 0.2) is 0 Å². The van der Waals surface area contributed by atoms with Crippen molar-refractivity contribution in [2.24, 2.45) is 10.9 Å². The third-order valence-electron chi connectivity index (χ3n) is 4.48. The molecule has 1 aliphatic rings. The van der Waals surface area contributed by atoms with Crippen LogP contribution in [0.3, 0.4) is 0 Å². The summed E-state index contributed by atoms with van der Waals surface area (Å²) >= 11 is 0. The summed E-state index contributed by atoms with van der Waals surface area (Å²) in [5.41, 5.74) is 4.00. The minimum atomic E-state index is -0.0594. The zero-order chi connectivity index (χ0) is 14.9. The van der Waals surface area contributed by atoms with E-state index in [0.717, 1.165) is 6.42 Å². The van der Waals surface area contributed by atoms with Crippen molar-refractivity contribution in [2.45, 2.75) is 38.6 Å². The highest BCUT2D eigenvalue weighted by Crippen LogP contribution is 2.44. The summed E-state index contributed by atoms with van der Waals surface area (Å²) in [6, 6.07) is 22.1. The lowest BCUT2D eigenvalue weighted by atomic mass is 9.67. The first-order chi connectivity index (χ1) is 10.1. The van der Waals surface area contributed by atoms with Crippen LogP contribution in [0.25, 0.3) is 0 Å². The molecule has 2 aromatic carbocycles. The molecule has 1 heteroatoms. The average molecular weight is 277 g/mol. The second-order valence-electron chi connectivity index (χ2n) is 6.36. The van der Waals surface area contributed by atoms with E-state index >= 15 is 0 Å². The Balaban J connectivity index is 2.24. The molecule has 0 saturated carbocycles. The first-order valence-electron chi connectivity index (χ1n) is 7.84. The van der Waals surface area contributed by atoms with Gasteiger partial charge in [0.25, 0.3) is 0 Å². The molecule has 1 nitrogen and oxygen atoms in total. The van der Waals surface area contributed by atoms with E-state index in [1.165, 1.54) is 16.8 Å². The Morgan fingerprint density at radius 1 is 0.905 bits per heavy atom. The summed E-state index contributed by atoms with van der Waals surface area (Å²) in [6.45, 7) is 6.75. The van der Waals surface area contributed by atoms with Crippen LogP contribution < -0.4 is 0 Å². The van der Waals surface area contributed by atoms with Gasteiger partial charge >= 0.3 is 0 Å². The molecular formula is C20H23N. The third kappa shape index (κ3) is 2.31. The molecule has 3 rings (SSSR count). The van der Waals surface area contributed by atoms with Crippen LogP contribution in [0.2, 0.25) is 0 Å². The first kappa shape index (κ1) is 14.1. The predicted molar refractivity (Wildman–Crippen MR) is 90.0 cm³/mol. The molecule has 0 unspecified atom stereocenters. The van der Waals surface area contributed by atoms with Gasteiger partial charge in [-0.25, -0.2) is 0 Å². The Morgan fingerprint density at radius 2 is 1.38 bits per heavy atom. The molecule has 1 aliphatic heterocycles. The van der Waals surface area contributed by atoms with Crippen LogP contribution in [0.1, 0.15) is 38.3 Å². The highest BCUT2D eigenvalue weighted by atomic mass is 14.9. The number of rotatable bonds is 3. The average Bonchev–Trinajstić information content (AvgIpc) is 2.88. The van der Waals surface area contributed by atoms with Crippen LogP contribution in [-0.4, -0.2) is 11.8 Å². The van der Waals surface area contributed by atoms with Crippen molar-refractivity contribution < 1.29 is 0 Å². The van der Waals surface area contributed by atoms with E-state index in [9.17, 15) is 0 Å². The van der Waals surface area contributed by atoms with Crippen LogP contribution in [0.4, 0.5) is 0 Å². The second-order valence-corrected chi connectivity index (χ2v) is 6.36. The van der Waals surface area contributed by atoms with Gasteiger partial charge in [0.2, 0.25) is 0 Å². The van der Waals surface area contributed by atoms with E-state index in [0.29, 0.717) is 12.0 Å². The molecule has 21 heavy (non-hydrogen) atoms. The molecule has 0 aromatic heterocycles. The quantitative estimate of drug-likeness (QED) is 0.759. The van der Waals surface area contributed by atoms with Crippen molar-refractivity contribution in [1.82, 2.24) is 0 Å². The number of hydrogen-bond donors (Lipinski definition) is 0. The second kappa shape index (κ2) is 5.48. The Bertz CT molecular complexity index is 586. The van der Waals surface area contributed by atoms with Gasteiger partial charge in [0, 0.05) is 11.8 Å². The largest absolute Gasteiger partial charge is 0.289 e. The zero-order valence-electron chi connectivity index (χ0n) is 13.1. The smallest absolute Gasteiger partial charge is 0.0603 e. The molecule has 0 saturated heterocycles. The van der Waals surface area contributed by atoms with Crippen LogP contribution in [0.15, 0.2) is 65.7 Å². The summed E-state index contributed by atoms with van der Waals surface area (Å²) in [5.74, 6) is 0.454. The van der Waals surface area contributed by atoms with Gasteiger partial charge in [0.1, 0.15) is 0 Å². The molecule has 0 spiro atoms. The molecule has 0 radical (unpaired) electrons. The Morgan fingerprint density at radius 3 is 1.81 bits per heavy atom. The van der Waals surface area contributed by atoms with Crippen LogP contribution in [-0.2, 0) is 5.41 Å². The highest BCUT2D eigenvalue weighted by Gasteiger charge is 2.45. The molecule has 108 valence electrons. The van der Waals surface area contributed by atoms with Gasteiger partial charge in [-0.2, -0.15) is 0 Å². The molecule has 0 N–H and O–H groups in total. The van der Waals surface area contributed by atoms with E-state index < -0.39 is 0 Å². The van der Waals surface area contributed by atoms with Gasteiger partial charge in [0.05, 0.1) is 5.41 Å². The number of aliphatic imine (C=N–C) groups is 1. The van der Waals surface area contributed by atoms with Crippen molar-refractivity contribution in [3.63, 3.8) is 0 Å². The summed E-state index contributed by atoms with van der Waals surface area (Å²) in [5, 5.41) is 0. The molecule has 2 aromatic rings. The first-order valence-corrected chi connectivity index (χ1v) is 7.84. The minimum Gasteiger partial charge on any atom is -0.289 e. The molecule has 0 aliphatic carbocycles. The van der Waals surface area contributed by atoms with E-state index in [2.05, 4.69) is 81.4 Å². The normalized spacial score (nSPS) is 20.6. The maximum Gasteiger partial charge on any atom is 0.0603 e. The van der Waals surface area contributed by atoms with Gasteiger partial charge in [-0.1, -0.05) is 74.5 Å². The molecule has 0 fully saturated rings. The molecule has 0 bridgehead atoms. The van der Waals surface area contributed by atoms with Gasteiger partial charge < -0.3 is 0 Å². The number of nitrogens with zero attached hydrogens (tertiary/aromatic N) is 1. The molecule has 0 amide bonds. The van der Waals surface area contributed by atoms with Crippen LogP contribution >= 0.6 is 0 Å². The number of hydrogen-bond acceptors (Lipinski definition) is 1. The van der Waals surface area contributed by atoms with Crippen molar-refractivity contribution >= 4 is 5.71 Å². The summed E-state index contributed by atoms with van der Waals surface area (Å²) in [7, 11) is 0. The number of benzene rings is 2. The van der Waals surface area contributed by atoms with Crippen molar-refractivity contribution in [3.05, 3.63) is 71.8 Å². The minimum absolute atomic E-state index is 0.0594. The Labute approximate surface area is 127 Å². The van der Waals surface area contributed by atoms with E-state index in [1.807, 2.05) is 0 Å². The lowest BCUT2D eigenvalue weighted by molar-refractivity contribution is 0.583. The van der Waals surface area contributed by atoms with E-state index in [1.54, 1.807) is 0 Å². The third-order valence-corrected chi connectivity index (χ3v) is 4.48. The Kier molecular flexibility index (Phi) is 3.67. The monoisotopic (exact) mass is 277 g/mol. The predicted octanol–water partition coefficient (Wildman–Crippen LogP) is 4.86. The topological polar surface area (TPSA) is 12.4 Å². The summed E-state index contributed by atoms with van der Waals surface area (Å²) in [4.78, 5) is 5.01. The molecule has 1 atom stereocenters. The lowest BCUT2D eigenvalue weighted by Gasteiger charge is -2.34. The Hall–Kier alpha value is -1.89. The van der Waals surface area contributed by atoms with Crippen LogP contribution in [0.5, 0.6) is 0 Å². The van der Waals surface area contributed by atoms with E-state index in [-0.39, 0.29) is 5.41 Å².